The van der Waals surface area contributed by atoms with Crippen LogP contribution in [0.25, 0.3) is 16.8 Å². The van der Waals surface area contributed by atoms with E-state index in [2.05, 4.69) is 21.2 Å². The quantitative estimate of drug-likeness (QED) is 0.231. The molecule has 1 aliphatic heterocycles. The summed E-state index contributed by atoms with van der Waals surface area (Å²) in [6, 6.07) is 22.0. The lowest BCUT2D eigenvalue weighted by molar-refractivity contribution is -0.122. The summed E-state index contributed by atoms with van der Waals surface area (Å²) in [5, 5.41) is 13.9. The molecule has 5 rings (SSSR count). The van der Waals surface area contributed by atoms with Gasteiger partial charge >= 0.3 is 6.03 Å². The molecule has 0 aromatic heterocycles. The van der Waals surface area contributed by atoms with E-state index >= 15 is 0 Å². The van der Waals surface area contributed by atoms with E-state index in [0.29, 0.717) is 28.1 Å². The fourth-order valence-corrected chi connectivity index (χ4v) is 4.77. The third-order valence-electron chi connectivity index (χ3n) is 6.02. The summed E-state index contributed by atoms with van der Waals surface area (Å²) in [5.74, 6) is -0.785. The number of phenols is 1. The summed E-state index contributed by atoms with van der Waals surface area (Å²) >= 11 is 3.51. The zero-order valence-electron chi connectivity index (χ0n) is 20.1. The second kappa shape index (κ2) is 10.4. The number of nitrogens with zero attached hydrogens (tertiary/aromatic N) is 1. The predicted octanol–water partition coefficient (Wildman–Crippen LogP) is 5.56. The highest BCUT2D eigenvalue weighted by Gasteiger charge is 2.36. The van der Waals surface area contributed by atoms with Gasteiger partial charge in [-0.2, -0.15) is 0 Å². The van der Waals surface area contributed by atoms with Crippen molar-refractivity contribution < 1.29 is 29.0 Å². The van der Waals surface area contributed by atoms with E-state index in [1.807, 2.05) is 42.5 Å². The third-order valence-corrected chi connectivity index (χ3v) is 6.61. The van der Waals surface area contributed by atoms with E-state index in [1.165, 1.54) is 37.5 Å². The van der Waals surface area contributed by atoms with E-state index in [1.54, 1.807) is 12.1 Å². The van der Waals surface area contributed by atoms with E-state index in [0.717, 1.165) is 21.2 Å². The van der Waals surface area contributed by atoms with Crippen LogP contribution < -0.4 is 19.7 Å². The molecule has 0 aliphatic carbocycles. The van der Waals surface area contributed by atoms with Crippen molar-refractivity contribution in [3.63, 3.8) is 0 Å². The Balaban J connectivity index is 1.44. The largest absolute Gasteiger partial charge is 0.508 e. The molecule has 190 valence electrons. The Hall–Kier alpha value is -4.63. The van der Waals surface area contributed by atoms with Gasteiger partial charge in [0.25, 0.3) is 11.8 Å². The maximum absolute atomic E-state index is 13.2. The lowest BCUT2D eigenvalue weighted by atomic mass is 10.1. The van der Waals surface area contributed by atoms with Crippen molar-refractivity contribution in [2.45, 2.75) is 6.61 Å². The number of urea groups is 1. The molecule has 1 saturated heterocycles. The van der Waals surface area contributed by atoms with E-state index < -0.39 is 17.8 Å². The second-order valence-corrected chi connectivity index (χ2v) is 9.29. The van der Waals surface area contributed by atoms with Crippen molar-refractivity contribution in [3.05, 3.63) is 100 Å². The van der Waals surface area contributed by atoms with E-state index in [-0.39, 0.29) is 17.0 Å². The number of rotatable bonds is 6. The first-order valence-electron chi connectivity index (χ1n) is 11.5. The predicted molar refractivity (Wildman–Crippen MR) is 146 cm³/mol. The van der Waals surface area contributed by atoms with Gasteiger partial charge in [0.2, 0.25) is 0 Å². The topological polar surface area (TPSA) is 105 Å². The van der Waals surface area contributed by atoms with Gasteiger partial charge in [0, 0.05) is 0 Å². The number of hydrogen-bond donors (Lipinski definition) is 2. The Bertz CT molecular complexity index is 1610. The lowest BCUT2D eigenvalue weighted by Gasteiger charge is -2.26. The van der Waals surface area contributed by atoms with Crippen LogP contribution in [0.1, 0.15) is 11.1 Å². The zero-order valence-corrected chi connectivity index (χ0v) is 21.7. The van der Waals surface area contributed by atoms with Crippen molar-refractivity contribution in [1.29, 1.82) is 0 Å². The van der Waals surface area contributed by atoms with Crippen LogP contribution in [0.5, 0.6) is 17.2 Å². The number of ether oxygens (including phenoxy) is 2. The summed E-state index contributed by atoms with van der Waals surface area (Å²) in [5.41, 5.74) is 1.45. The number of aromatic hydroxyl groups is 1. The van der Waals surface area contributed by atoms with Gasteiger partial charge in [0.05, 0.1) is 17.3 Å². The normalized spacial score (nSPS) is 14.6. The van der Waals surface area contributed by atoms with Crippen LogP contribution in [0.2, 0.25) is 0 Å². The SMILES string of the molecule is COc1cc(/C=C2\C(=O)NC(=O)N(c3ccc(O)cc3)C2=O)cc(Br)c1OCc1cccc2ccccc12. The molecule has 0 unspecified atom stereocenters. The number of amides is 4. The van der Waals surface area contributed by atoms with Gasteiger partial charge in [-0.15, -0.1) is 0 Å². The second-order valence-electron chi connectivity index (χ2n) is 8.44. The molecule has 0 spiro atoms. The molecule has 0 atom stereocenters. The van der Waals surface area contributed by atoms with E-state index in [9.17, 15) is 19.5 Å². The van der Waals surface area contributed by atoms with Crippen LogP contribution in [-0.4, -0.2) is 30.1 Å². The number of carbonyl (C=O) groups excluding carboxylic acids is 3. The van der Waals surface area contributed by atoms with Gasteiger partial charge in [0.15, 0.2) is 11.5 Å². The van der Waals surface area contributed by atoms with Crippen molar-refractivity contribution in [2.24, 2.45) is 0 Å². The van der Waals surface area contributed by atoms with Crippen LogP contribution in [0.3, 0.4) is 0 Å². The van der Waals surface area contributed by atoms with Crippen LogP contribution in [-0.2, 0) is 16.2 Å². The van der Waals surface area contributed by atoms with Gasteiger partial charge in [-0.05, 0) is 80.3 Å². The maximum atomic E-state index is 13.2. The first kappa shape index (κ1) is 25.0. The molecule has 38 heavy (non-hydrogen) atoms. The Labute approximate surface area is 226 Å². The molecule has 4 amide bonds. The highest BCUT2D eigenvalue weighted by molar-refractivity contribution is 9.10. The van der Waals surface area contributed by atoms with Gasteiger partial charge < -0.3 is 14.6 Å². The number of benzene rings is 4. The Kier molecular flexibility index (Phi) is 6.85. The molecule has 1 fully saturated rings. The van der Waals surface area contributed by atoms with Crippen LogP contribution in [0.15, 0.2) is 88.9 Å². The van der Waals surface area contributed by atoms with Gasteiger partial charge in [-0.25, -0.2) is 9.69 Å². The summed E-state index contributed by atoms with van der Waals surface area (Å²) in [7, 11) is 1.49. The molecule has 4 aromatic carbocycles. The monoisotopic (exact) mass is 572 g/mol. The fraction of sp³-hybridized carbons (Fsp3) is 0.0690. The summed E-state index contributed by atoms with van der Waals surface area (Å²) < 4.78 is 12.2. The van der Waals surface area contributed by atoms with Crippen molar-refractivity contribution >= 4 is 56.3 Å². The number of fused-ring (bicyclic) bond motifs is 1. The standard InChI is InChI=1S/C29H21BrN2O6/c1-37-25-15-17(13-23-27(34)31-29(36)32(28(23)35)20-9-11-21(33)12-10-20)14-24(30)26(25)38-16-19-7-4-6-18-5-2-3-8-22(18)19/h2-15,33H,16H2,1H3,(H,31,34,36)/b23-13+. The Morgan fingerprint density at radius 3 is 2.47 bits per heavy atom. The number of methoxy groups -OCH3 is 1. The highest BCUT2D eigenvalue weighted by Crippen LogP contribution is 2.38. The zero-order chi connectivity index (χ0) is 26.8. The molecular formula is C29H21BrN2O6. The molecule has 4 aromatic rings. The third kappa shape index (κ3) is 4.83. The van der Waals surface area contributed by atoms with Crippen molar-refractivity contribution in [1.82, 2.24) is 5.32 Å². The van der Waals surface area contributed by atoms with Crippen LogP contribution in [0, 0.1) is 0 Å². The fourth-order valence-electron chi connectivity index (χ4n) is 4.19. The average molecular weight is 573 g/mol. The summed E-state index contributed by atoms with van der Waals surface area (Å²) in [6.07, 6.45) is 1.37. The highest BCUT2D eigenvalue weighted by atomic mass is 79.9. The molecule has 1 aliphatic rings. The lowest BCUT2D eigenvalue weighted by Crippen LogP contribution is -2.54. The van der Waals surface area contributed by atoms with Crippen LogP contribution in [0.4, 0.5) is 10.5 Å². The smallest absolute Gasteiger partial charge is 0.335 e. The number of anilines is 1. The number of carbonyl (C=O) groups is 3. The number of phenolic OH excluding ortho intramolecular Hbond substituents is 1. The number of imide groups is 2. The minimum atomic E-state index is -0.876. The van der Waals surface area contributed by atoms with Gasteiger partial charge in [-0.3, -0.25) is 14.9 Å². The molecule has 0 radical (unpaired) electrons. The number of barbiturate groups is 1. The molecule has 2 N–H and O–H groups in total. The molecular weight excluding hydrogens is 552 g/mol. The average Bonchev–Trinajstić information content (AvgIpc) is 2.91. The summed E-state index contributed by atoms with van der Waals surface area (Å²) in [6.45, 7) is 0.293. The number of halogens is 1. The minimum absolute atomic E-state index is 0.0230. The first-order valence-corrected chi connectivity index (χ1v) is 12.3. The number of nitrogens with one attached hydrogen (secondary N) is 1. The molecule has 0 bridgehead atoms. The minimum Gasteiger partial charge on any atom is -0.508 e. The maximum Gasteiger partial charge on any atom is 0.335 e. The first-order chi connectivity index (χ1) is 18.4. The van der Waals surface area contributed by atoms with Gasteiger partial charge in [0.1, 0.15) is 17.9 Å². The summed E-state index contributed by atoms with van der Waals surface area (Å²) in [4.78, 5) is 39.0. The number of hydrogen-bond acceptors (Lipinski definition) is 6. The van der Waals surface area contributed by atoms with E-state index in [4.69, 9.17) is 9.47 Å². The molecule has 0 saturated carbocycles. The van der Waals surface area contributed by atoms with Crippen molar-refractivity contribution in [3.8, 4) is 17.2 Å². The molecule has 1 heterocycles. The Morgan fingerprint density at radius 1 is 0.974 bits per heavy atom. The van der Waals surface area contributed by atoms with Gasteiger partial charge in [-0.1, -0.05) is 42.5 Å². The van der Waals surface area contributed by atoms with Crippen molar-refractivity contribution in [2.75, 3.05) is 12.0 Å². The molecule has 9 heteroatoms. The van der Waals surface area contributed by atoms with Crippen LogP contribution >= 0.6 is 15.9 Å². The Morgan fingerprint density at radius 2 is 1.71 bits per heavy atom. The molecule has 8 nitrogen and oxygen atoms in total.